The van der Waals surface area contributed by atoms with Gasteiger partial charge in [-0.15, -0.1) is 0 Å². The van der Waals surface area contributed by atoms with Crippen molar-refractivity contribution in [3.8, 4) is 0 Å². The molecule has 1 spiro atoms. The Morgan fingerprint density at radius 2 is 1.80 bits per heavy atom. The summed E-state index contributed by atoms with van der Waals surface area (Å²) in [5.74, 6) is -4.33. The molecular weight excluding hydrogens is 579 g/mol. The fourth-order valence-corrected chi connectivity index (χ4v) is 6.60. The van der Waals surface area contributed by atoms with Crippen LogP contribution < -0.4 is 10.6 Å². The first kappa shape index (κ1) is 31.2. The maximum absolute atomic E-state index is 15.1. The molecule has 2 aromatic carbocycles. The van der Waals surface area contributed by atoms with E-state index in [1.54, 1.807) is 0 Å². The van der Waals surface area contributed by atoms with E-state index in [9.17, 15) is 23.9 Å². The van der Waals surface area contributed by atoms with Crippen LogP contribution >= 0.6 is 23.2 Å². The topological polar surface area (TPSA) is 119 Å². The van der Waals surface area contributed by atoms with Gasteiger partial charge >= 0.3 is 0 Å². The lowest BCUT2D eigenvalue weighted by Crippen LogP contribution is -2.52. The van der Waals surface area contributed by atoms with E-state index in [0.29, 0.717) is 5.56 Å². The van der Waals surface area contributed by atoms with Crippen molar-refractivity contribution >= 4 is 46.6 Å². The molecule has 0 saturated carbocycles. The molecule has 2 aliphatic heterocycles. The van der Waals surface area contributed by atoms with Crippen molar-refractivity contribution in [3.63, 3.8) is 0 Å². The lowest BCUT2D eigenvalue weighted by molar-refractivity contribution is -0.140. The highest BCUT2D eigenvalue weighted by atomic mass is 35.5. The Kier molecular flexibility index (Phi) is 8.72. The minimum atomic E-state index is -1.69. The second kappa shape index (κ2) is 11.5. The molecule has 4 rings (SSSR count). The highest BCUT2D eigenvalue weighted by Gasteiger charge is 2.69. The van der Waals surface area contributed by atoms with Gasteiger partial charge in [0.15, 0.2) is 0 Å². The van der Waals surface area contributed by atoms with E-state index in [0.717, 1.165) is 12.1 Å². The van der Waals surface area contributed by atoms with Gasteiger partial charge in [0.1, 0.15) is 23.1 Å². The number of nitrogens with one attached hydrogen (secondary N) is 2. The van der Waals surface area contributed by atoms with Crippen LogP contribution in [0.15, 0.2) is 30.3 Å². The van der Waals surface area contributed by atoms with Crippen molar-refractivity contribution in [3.05, 3.63) is 63.1 Å². The molecule has 8 nitrogen and oxygen atoms in total. The van der Waals surface area contributed by atoms with E-state index in [4.69, 9.17) is 28.3 Å². The van der Waals surface area contributed by atoms with Crippen LogP contribution in [0.25, 0.3) is 0 Å². The van der Waals surface area contributed by atoms with Gasteiger partial charge in [0.05, 0.1) is 28.8 Å². The molecule has 1 saturated heterocycles. The van der Waals surface area contributed by atoms with E-state index in [1.807, 2.05) is 20.8 Å². The third kappa shape index (κ3) is 5.55. The maximum atomic E-state index is 15.1. The minimum absolute atomic E-state index is 0.0334. The largest absolute Gasteiger partial charge is 0.394 e. The number of halogens is 4. The molecule has 0 aromatic heterocycles. The zero-order valence-corrected chi connectivity index (χ0v) is 24.6. The highest BCUT2D eigenvalue weighted by molar-refractivity contribution is 6.31. The maximum Gasteiger partial charge on any atom is 0.243 e. The van der Waals surface area contributed by atoms with Gasteiger partial charge in [-0.2, -0.15) is 0 Å². The van der Waals surface area contributed by atoms with Crippen molar-refractivity contribution in [1.29, 1.82) is 0 Å². The molecule has 12 heteroatoms. The monoisotopic (exact) mass is 611 g/mol. The Bertz CT molecular complexity index is 1380. The van der Waals surface area contributed by atoms with Crippen LogP contribution in [0.4, 0.5) is 14.5 Å². The first-order chi connectivity index (χ1) is 19.1. The molecule has 5 unspecified atom stereocenters. The first-order valence-corrected chi connectivity index (χ1v) is 14.0. The van der Waals surface area contributed by atoms with Gasteiger partial charge in [0, 0.05) is 25.1 Å². The van der Waals surface area contributed by atoms with E-state index in [-0.39, 0.29) is 40.7 Å². The molecule has 4 N–H and O–H groups in total. The van der Waals surface area contributed by atoms with Crippen molar-refractivity contribution in [2.45, 2.75) is 70.1 Å². The van der Waals surface area contributed by atoms with E-state index in [2.05, 4.69) is 10.6 Å². The number of benzene rings is 2. The average Bonchev–Trinajstić information content (AvgIpc) is 3.32. The number of nitrogens with zero attached hydrogens (tertiary/aromatic N) is 1. The molecular formula is C29H33Cl2F2N3O5. The van der Waals surface area contributed by atoms with Crippen LogP contribution in [0, 0.1) is 17.0 Å². The minimum Gasteiger partial charge on any atom is -0.394 e. The molecule has 1 fully saturated rings. The number of carbonyl (C=O) groups excluding carboxylic acids is 3. The SMILES string of the molecule is CC(=O)N1C(C(=O)NCCC(O)CO)C(c2ccc(F)c(Cl)c2)C2(C(=O)Nc3cc(Cl)c(F)cc32)C1CC(C)(C)C. The quantitative estimate of drug-likeness (QED) is 0.375. The van der Waals surface area contributed by atoms with Crippen LogP contribution in [0.2, 0.25) is 10.0 Å². The summed E-state index contributed by atoms with van der Waals surface area (Å²) in [5, 5.41) is 24.0. The van der Waals surface area contributed by atoms with Crippen LogP contribution in [0.1, 0.15) is 57.6 Å². The number of hydrogen-bond acceptors (Lipinski definition) is 5. The summed E-state index contributed by atoms with van der Waals surface area (Å²) >= 11 is 12.3. The Hall–Kier alpha value is -2.79. The molecule has 2 heterocycles. The van der Waals surface area contributed by atoms with Gasteiger partial charge in [-0.05, 0) is 53.6 Å². The first-order valence-electron chi connectivity index (χ1n) is 13.2. The van der Waals surface area contributed by atoms with Gasteiger partial charge in [0.25, 0.3) is 0 Å². The molecule has 222 valence electrons. The zero-order chi connectivity index (χ0) is 30.4. The van der Waals surface area contributed by atoms with Crippen LogP contribution in [0.5, 0.6) is 0 Å². The number of fused-ring (bicyclic) bond motifs is 2. The van der Waals surface area contributed by atoms with Gasteiger partial charge in [-0.1, -0.05) is 50.0 Å². The second-order valence-corrected chi connectivity index (χ2v) is 12.7. The number of rotatable bonds is 7. The number of anilines is 1. The second-order valence-electron chi connectivity index (χ2n) is 11.9. The third-order valence-electron chi connectivity index (χ3n) is 7.83. The molecule has 0 bridgehead atoms. The average molecular weight is 613 g/mol. The van der Waals surface area contributed by atoms with E-state index in [1.165, 1.54) is 30.0 Å². The molecule has 3 amide bonds. The number of amides is 3. The summed E-state index contributed by atoms with van der Waals surface area (Å²) in [6.07, 6.45) is -0.803. The van der Waals surface area contributed by atoms with Crippen molar-refractivity contribution < 1.29 is 33.4 Å². The predicted molar refractivity (Wildman–Crippen MR) is 151 cm³/mol. The van der Waals surface area contributed by atoms with Crippen molar-refractivity contribution in [2.75, 3.05) is 18.5 Å². The summed E-state index contributed by atoms with van der Waals surface area (Å²) < 4.78 is 29.4. The Labute approximate surface area is 247 Å². The van der Waals surface area contributed by atoms with Gasteiger partial charge < -0.3 is 25.7 Å². The number of aliphatic hydroxyl groups is 2. The van der Waals surface area contributed by atoms with Crippen LogP contribution in [-0.4, -0.2) is 64.2 Å². The zero-order valence-electron chi connectivity index (χ0n) is 23.1. The number of likely N-dealkylation sites (tertiary alicyclic amines) is 1. The van der Waals surface area contributed by atoms with Crippen LogP contribution in [-0.2, 0) is 19.8 Å². The van der Waals surface area contributed by atoms with Gasteiger partial charge in [-0.3, -0.25) is 14.4 Å². The summed E-state index contributed by atoms with van der Waals surface area (Å²) in [5.41, 5.74) is -1.39. The van der Waals surface area contributed by atoms with Gasteiger partial charge in [0.2, 0.25) is 17.7 Å². The Balaban J connectivity index is 2.03. The molecule has 2 aromatic rings. The van der Waals surface area contributed by atoms with E-state index < -0.39 is 70.9 Å². The third-order valence-corrected chi connectivity index (χ3v) is 8.40. The molecule has 0 aliphatic carbocycles. The van der Waals surface area contributed by atoms with Gasteiger partial charge in [-0.25, -0.2) is 8.78 Å². The number of aliphatic hydroxyl groups excluding tert-OH is 2. The Morgan fingerprint density at radius 3 is 2.39 bits per heavy atom. The van der Waals surface area contributed by atoms with Crippen LogP contribution in [0.3, 0.4) is 0 Å². The van der Waals surface area contributed by atoms with Crippen molar-refractivity contribution in [1.82, 2.24) is 10.2 Å². The molecule has 0 radical (unpaired) electrons. The van der Waals surface area contributed by atoms with Crippen molar-refractivity contribution in [2.24, 2.45) is 5.41 Å². The summed E-state index contributed by atoms with van der Waals surface area (Å²) in [4.78, 5) is 43.0. The smallest absolute Gasteiger partial charge is 0.243 e. The van der Waals surface area contributed by atoms with E-state index >= 15 is 4.39 Å². The lowest BCUT2D eigenvalue weighted by Gasteiger charge is -2.39. The Morgan fingerprint density at radius 1 is 1.15 bits per heavy atom. The molecule has 5 atom stereocenters. The fourth-order valence-electron chi connectivity index (χ4n) is 6.25. The molecule has 2 aliphatic rings. The summed E-state index contributed by atoms with van der Waals surface area (Å²) in [7, 11) is 0. The highest BCUT2D eigenvalue weighted by Crippen LogP contribution is 2.60. The predicted octanol–water partition coefficient (Wildman–Crippen LogP) is 4.14. The fraction of sp³-hybridized carbons (Fsp3) is 0.483. The molecule has 41 heavy (non-hydrogen) atoms. The summed E-state index contributed by atoms with van der Waals surface area (Å²) in [6.45, 7) is 6.50. The normalized spacial score (nSPS) is 24.4. The standard InChI is InChI=1S/C29H33Cl2F2N3O5/c1-14(38)36-23(12-28(2,3)4)29(17-10-21(33)19(31)11-22(17)35-27(29)41)24(15-5-6-20(32)18(30)9-15)25(36)26(40)34-8-7-16(39)13-37/h5-6,9-11,16,23-25,37,39H,7-8,12-13H2,1-4H3,(H,34,40)(H,35,41). The number of hydrogen-bond donors (Lipinski definition) is 4. The lowest BCUT2D eigenvalue weighted by atomic mass is 9.62. The summed E-state index contributed by atoms with van der Waals surface area (Å²) in [6, 6.07) is 4.04. The number of carbonyl (C=O) groups is 3.